The van der Waals surface area contributed by atoms with Crippen molar-refractivity contribution in [1.82, 2.24) is 9.97 Å². The fraction of sp³-hybridized carbons (Fsp3) is 0.333. The van der Waals surface area contributed by atoms with Crippen LogP contribution in [0.25, 0.3) is 11.2 Å². The monoisotopic (exact) mass is 192 g/mol. The van der Waals surface area contributed by atoms with E-state index in [0.717, 1.165) is 11.2 Å². The Morgan fingerprint density at radius 3 is 3.21 bits per heavy atom. The Bertz CT molecular complexity index is 425. The molecule has 0 aliphatic rings. The summed E-state index contributed by atoms with van der Waals surface area (Å²) in [5.74, 6) is 0. The van der Waals surface area contributed by atoms with Gasteiger partial charge in [-0.3, -0.25) is 0 Å². The zero-order chi connectivity index (χ0) is 9.97. The van der Waals surface area contributed by atoms with Gasteiger partial charge >= 0.3 is 0 Å². The smallest absolute Gasteiger partial charge is 0.248 e. The Kier molecular flexibility index (Phi) is 2.32. The molecule has 0 aliphatic heterocycles. The summed E-state index contributed by atoms with van der Waals surface area (Å²) in [6.45, 7) is 2.58. The van der Waals surface area contributed by atoms with Crippen molar-refractivity contribution in [2.75, 3.05) is 11.9 Å². The summed E-state index contributed by atoms with van der Waals surface area (Å²) >= 11 is 0. The maximum atomic E-state index is 5.52. The van der Waals surface area contributed by atoms with Crippen LogP contribution in [0.2, 0.25) is 0 Å². The van der Waals surface area contributed by atoms with Crippen LogP contribution in [-0.2, 0) is 0 Å². The molecular weight excluding hydrogens is 180 g/mol. The van der Waals surface area contributed by atoms with Crippen LogP contribution in [0.4, 0.5) is 5.69 Å². The molecule has 2 heterocycles. The molecule has 2 aromatic heterocycles. The summed E-state index contributed by atoms with van der Waals surface area (Å²) < 4.78 is 5.08. The van der Waals surface area contributed by atoms with Crippen LogP contribution in [0.5, 0.6) is 0 Å². The van der Waals surface area contributed by atoms with E-state index < -0.39 is 0 Å². The van der Waals surface area contributed by atoms with Crippen LogP contribution < -0.4 is 11.1 Å². The number of pyridine rings is 1. The largest absolute Gasteiger partial charge is 0.425 e. The van der Waals surface area contributed by atoms with Gasteiger partial charge in [0.25, 0.3) is 0 Å². The molecule has 1 atom stereocenters. The Hall–Kier alpha value is -1.62. The predicted octanol–water partition coefficient (Wildman–Crippen LogP) is 0.982. The van der Waals surface area contributed by atoms with Crippen LogP contribution in [-0.4, -0.2) is 22.6 Å². The van der Waals surface area contributed by atoms with E-state index in [1.165, 1.54) is 6.39 Å². The summed E-state index contributed by atoms with van der Waals surface area (Å²) in [5.41, 5.74) is 7.71. The number of oxazole rings is 1. The van der Waals surface area contributed by atoms with Gasteiger partial charge in [0, 0.05) is 18.8 Å². The van der Waals surface area contributed by atoms with Crippen LogP contribution in [0, 0.1) is 0 Å². The molecule has 74 valence electrons. The van der Waals surface area contributed by atoms with Crippen molar-refractivity contribution < 1.29 is 4.42 Å². The van der Waals surface area contributed by atoms with Gasteiger partial charge in [-0.2, -0.15) is 0 Å². The highest BCUT2D eigenvalue weighted by Crippen LogP contribution is 2.19. The molecule has 0 saturated heterocycles. The van der Waals surface area contributed by atoms with E-state index in [9.17, 15) is 0 Å². The lowest BCUT2D eigenvalue weighted by Gasteiger charge is -2.12. The number of nitrogens with two attached hydrogens (primary N) is 1. The molecule has 5 nitrogen and oxygen atoms in total. The third-order valence-electron chi connectivity index (χ3n) is 1.99. The standard InChI is InChI=1S/C9H12N4O/c1-6(4-10)13-7-2-3-11-9-8(7)12-5-14-9/h2-3,5-6H,4,10H2,1H3,(H,11,13). The summed E-state index contributed by atoms with van der Waals surface area (Å²) in [6, 6.07) is 2.06. The Morgan fingerprint density at radius 1 is 1.57 bits per heavy atom. The predicted molar refractivity (Wildman–Crippen MR) is 53.9 cm³/mol. The van der Waals surface area contributed by atoms with Gasteiger partial charge in [0.2, 0.25) is 5.71 Å². The Labute approximate surface area is 81.3 Å². The van der Waals surface area contributed by atoms with Crippen LogP contribution in [0.15, 0.2) is 23.1 Å². The minimum Gasteiger partial charge on any atom is -0.425 e. The normalized spacial score (nSPS) is 13.0. The second-order valence-corrected chi connectivity index (χ2v) is 3.15. The van der Waals surface area contributed by atoms with E-state index in [1.54, 1.807) is 6.20 Å². The van der Waals surface area contributed by atoms with Gasteiger partial charge in [0.15, 0.2) is 11.9 Å². The molecule has 0 aromatic carbocycles. The van der Waals surface area contributed by atoms with Crippen LogP contribution in [0.1, 0.15) is 6.92 Å². The third kappa shape index (κ3) is 1.54. The fourth-order valence-electron chi connectivity index (χ4n) is 1.22. The lowest BCUT2D eigenvalue weighted by Crippen LogP contribution is -2.25. The number of nitrogens with one attached hydrogen (secondary N) is 1. The molecule has 2 rings (SSSR count). The number of rotatable bonds is 3. The lowest BCUT2D eigenvalue weighted by atomic mass is 10.3. The fourth-order valence-corrected chi connectivity index (χ4v) is 1.22. The minimum atomic E-state index is 0.206. The van der Waals surface area contributed by atoms with E-state index >= 15 is 0 Å². The van der Waals surface area contributed by atoms with Crippen molar-refractivity contribution in [2.24, 2.45) is 5.73 Å². The highest BCUT2D eigenvalue weighted by molar-refractivity contribution is 5.83. The molecule has 0 radical (unpaired) electrons. The lowest BCUT2D eigenvalue weighted by molar-refractivity contribution is 0.590. The summed E-state index contributed by atoms with van der Waals surface area (Å²) in [5, 5.41) is 3.23. The minimum absolute atomic E-state index is 0.206. The maximum absolute atomic E-state index is 5.52. The van der Waals surface area contributed by atoms with E-state index in [0.29, 0.717) is 12.3 Å². The topological polar surface area (TPSA) is 77.0 Å². The zero-order valence-electron chi connectivity index (χ0n) is 7.90. The third-order valence-corrected chi connectivity index (χ3v) is 1.99. The molecule has 1 unspecified atom stereocenters. The molecule has 0 aliphatic carbocycles. The van der Waals surface area contributed by atoms with Crippen molar-refractivity contribution >= 4 is 16.9 Å². The molecule has 0 spiro atoms. The van der Waals surface area contributed by atoms with Crippen molar-refractivity contribution in [1.29, 1.82) is 0 Å². The van der Waals surface area contributed by atoms with Gasteiger partial charge in [-0.15, -0.1) is 0 Å². The first-order valence-corrected chi connectivity index (χ1v) is 4.46. The Morgan fingerprint density at radius 2 is 2.43 bits per heavy atom. The SMILES string of the molecule is CC(CN)Nc1ccnc2ocnc12. The van der Waals surface area contributed by atoms with Crippen molar-refractivity contribution in [3.63, 3.8) is 0 Å². The highest BCUT2D eigenvalue weighted by atomic mass is 16.3. The van der Waals surface area contributed by atoms with Crippen molar-refractivity contribution in [2.45, 2.75) is 13.0 Å². The summed E-state index contributed by atoms with van der Waals surface area (Å²) in [4.78, 5) is 8.11. The maximum Gasteiger partial charge on any atom is 0.248 e. The van der Waals surface area contributed by atoms with Crippen LogP contribution in [0.3, 0.4) is 0 Å². The second-order valence-electron chi connectivity index (χ2n) is 3.15. The zero-order valence-corrected chi connectivity index (χ0v) is 7.90. The van der Waals surface area contributed by atoms with Gasteiger partial charge in [-0.1, -0.05) is 0 Å². The molecule has 5 heteroatoms. The Balaban J connectivity index is 2.36. The molecular formula is C9H12N4O. The van der Waals surface area contributed by atoms with E-state index in [2.05, 4.69) is 15.3 Å². The summed E-state index contributed by atoms with van der Waals surface area (Å²) in [7, 11) is 0. The number of hydrogen-bond acceptors (Lipinski definition) is 5. The molecule has 14 heavy (non-hydrogen) atoms. The molecule has 3 N–H and O–H groups in total. The highest BCUT2D eigenvalue weighted by Gasteiger charge is 2.07. The average molecular weight is 192 g/mol. The van der Waals surface area contributed by atoms with Crippen molar-refractivity contribution in [3.05, 3.63) is 18.7 Å². The number of aromatic nitrogens is 2. The average Bonchev–Trinajstić information content (AvgIpc) is 2.66. The quantitative estimate of drug-likeness (QED) is 0.758. The van der Waals surface area contributed by atoms with E-state index in [1.807, 2.05) is 13.0 Å². The van der Waals surface area contributed by atoms with E-state index in [4.69, 9.17) is 10.2 Å². The molecule has 0 fully saturated rings. The van der Waals surface area contributed by atoms with Gasteiger partial charge < -0.3 is 15.5 Å². The molecule has 0 bridgehead atoms. The van der Waals surface area contributed by atoms with Gasteiger partial charge in [0.1, 0.15) is 0 Å². The number of fused-ring (bicyclic) bond motifs is 1. The first-order valence-electron chi connectivity index (χ1n) is 4.46. The van der Waals surface area contributed by atoms with Crippen molar-refractivity contribution in [3.8, 4) is 0 Å². The van der Waals surface area contributed by atoms with Gasteiger partial charge in [0.05, 0.1) is 5.69 Å². The number of nitrogens with zero attached hydrogens (tertiary/aromatic N) is 2. The van der Waals surface area contributed by atoms with Gasteiger partial charge in [-0.05, 0) is 13.0 Å². The van der Waals surface area contributed by atoms with Crippen LogP contribution >= 0.6 is 0 Å². The molecule has 2 aromatic rings. The molecule has 0 saturated carbocycles. The number of anilines is 1. The number of hydrogen-bond donors (Lipinski definition) is 2. The summed E-state index contributed by atoms with van der Waals surface area (Å²) in [6.07, 6.45) is 3.06. The first-order chi connectivity index (χ1) is 6.81. The second kappa shape index (κ2) is 3.63. The molecule has 0 amide bonds. The first kappa shape index (κ1) is 8.96. The van der Waals surface area contributed by atoms with E-state index in [-0.39, 0.29) is 6.04 Å². The van der Waals surface area contributed by atoms with Gasteiger partial charge in [-0.25, -0.2) is 9.97 Å².